The first-order valence-corrected chi connectivity index (χ1v) is 4.23. The molecule has 0 spiro atoms. The highest BCUT2D eigenvalue weighted by atomic mass is 35.5. The summed E-state index contributed by atoms with van der Waals surface area (Å²) in [4.78, 5) is 9.69. The molecule has 1 rings (SSSR count). The molecule has 1 aromatic carbocycles. The highest BCUT2D eigenvalue weighted by Crippen LogP contribution is 2.28. The summed E-state index contributed by atoms with van der Waals surface area (Å²) in [6.45, 7) is -0.770. The van der Waals surface area contributed by atoms with Crippen LogP contribution >= 0.6 is 11.6 Å². The van der Waals surface area contributed by atoms with Crippen molar-refractivity contribution in [3.63, 3.8) is 0 Å². The Kier molecular flexibility index (Phi) is 3.79. The Balaban J connectivity index is 2.78. The van der Waals surface area contributed by atoms with Gasteiger partial charge in [-0.05, 0) is 6.07 Å². The Morgan fingerprint density at radius 1 is 1.53 bits per heavy atom. The van der Waals surface area contributed by atoms with Gasteiger partial charge in [-0.15, -0.1) is 0 Å². The standard InChI is InChI=1S/C8H6ClF2NO3/c9-6-3-5(15-4-8(10)11)1-2-7(6)12(13)14/h1-3,8H,4H2. The van der Waals surface area contributed by atoms with Gasteiger partial charge in [-0.25, -0.2) is 8.78 Å². The largest absolute Gasteiger partial charge is 0.488 e. The number of halogens is 3. The van der Waals surface area contributed by atoms with Gasteiger partial charge in [-0.3, -0.25) is 10.1 Å². The van der Waals surface area contributed by atoms with Crippen molar-refractivity contribution < 1.29 is 18.4 Å². The fraction of sp³-hybridized carbons (Fsp3) is 0.250. The molecule has 0 bridgehead atoms. The predicted octanol–water partition coefficient (Wildman–Crippen LogP) is 2.89. The number of hydrogen-bond donors (Lipinski definition) is 0. The van der Waals surface area contributed by atoms with Gasteiger partial charge >= 0.3 is 0 Å². The molecule has 0 saturated heterocycles. The summed E-state index contributed by atoms with van der Waals surface area (Å²) in [6, 6.07) is 3.44. The number of ether oxygens (including phenoxy) is 1. The summed E-state index contributed by atoms with van der Waals surface area (Å²) in [5.41, 5.74) is -0.291. The van der Waals surface area contributed by atoms with Gasteiger partial charge in [0.2, 0.25) is 0 Å². The molecule has 0 heterocycles. The molecule has 82 valence electrons. The van der Waals surface area contributed by atoms with Crippen molar-refractivity contribution >= 4 is 17.3 Å². The average Bonchev–Trinajstić information content (AvgIpc) is 2.14. The van der Waals surface area contributed by atoms with Crippen molar-refractivity contribution in [2.45, 2.75) is 6.43 Å². The number of alkyl halides is 2. The van der Waals surface area contributed by atoms with Gasteiger partial charge in [-0.2, -0.15) is 0 Å². The molecule has 0 amide bonds. The molecule has 0 atom stereocenters. The molecule has 0 unspecified atom stereocenters. The molecule has 0 N–H and O–H groups in total. The molecule has 7 heteroatoms. The third kappa shape index (κ3) is 3.32. The minimum Gasteiger partial charge on any atom is -0.488 e. The van der Waals surface area contributed by atoms with Gasteiger partial charge in [0.15, 0.2) is 0 Å². The minimum absolute atomic E-state index is 0.0749. The molecule has 0 aliphatic carbocycles. The maximum absolute atomic E-state index is 11.8. The molecule has 0 aliphatic rings. The van der Waals surface area contributed by atoms with E-state index in [0.29, 0.717) is 0 Å². The smallest absolute Gasteiger partial charge is 0.288 e. The molecule has 0 aliphatic heterocycles. The van der Waals surface area contributed by atoms with Crippen LogP contribution in [0.3, 0.4) is 0 Å². The first-order chi connectivity index (χ1) is 7.00. The molecule has 0 saturated carbocycles. The van der Waals surface area contributed by atoms with E-state index in [4.69, 9.17) is 11.6 Å². The Morgan fingerprint density at radius 3 is 2.67 bits per heavy atom. The van der Waals surface area contributed by atoms with E-state index in [1.807, 2.05) is 0 Å². The van der Waals surface area contributed by atoms with Crippen molar-refractivity contribution in [3.8, 4) is 5.75 Å². The quantitative estimate of drug-likeness (QED) is 0.598. The van der Waals surface area contributed by atoms with Crippen molar-refractivity contribution in [1.82, 2.24) is 0 Å². The zero-order chi connectivity index (χ0) is 11.4. The maximum Gasteiger partial charge on any atom is 0.288 e. The van der Waals surface area contributed by atoms with Crippen LogP contribution in [0, 0.1) is 10.1 Å². The van der Waals surface area contributed by atoms with Gasteiger partial charge in [0.05, 0.1) is 4.92 Å². The SMILES string of the molecule is O=[N+]([O-])c1ccc(OCC(F)F)cc1Cl. The van der Waals surface area contributed by atoms with Crippen LogP contribution in [-0.4, -0.2) is 18.0 Å². The van der Waals surface area contributed by atoms with Crippen molar-refractivity contribution in [3.05, 3.63) is 33.3 Å². The average molecular weight is 238 g/mol. The number of hydrogen-bond acceptors (Lipinski definition) is 3. The molecular formula is C8H6ClF2NO3. The zero-order valence-electron chi connectivity index (χ0n) is 7.32. The third-order valence-electron chi connectivity index (χ3n) is 1.49. The van der Waals surface area contributed by atoms with Crippen molar-refractivity contribution in [2.24, 2.45) is 0 Å². The van der Waals surface area contributed by atoms with Crippen LogP contribution in [-0.2, 0) is 0 Å². The lowest BCUT2D eigenvalue weighted by Gasteiger charge is -2.05. The van der Waals surface area contributed by atoms with Crippen LogP contribution in [0.1, 0.15) is 0 Å². The number of rotatable bonds is 4. The van der Waals surface area contributed by atoms with Crippen LogP contribution in [0.4, 0.5) is 14.5 Å². The van der Waals surface area contributed by atoms with Crippen LogP contribution in [0.2, 0.25) is 5.02 Å². The minimum atomic E-state index is -2.60. The second-order valence-corrected chi connectivity index (χ2v) is 2.98. The molecule has 4 nitrogen and oxygen atoms in total. The molecule has 0 fully saturated rings. The van der Waals surface area contributed by atoms with E-state index in [1.54, 1.807) is 0 Å². The first-order valence-electron chi connectivity index (χ1n) is 3.85. The van der Waals surface area contributed by atoms with Gasteiger partial charge in [0.1, 0.15) is 17.4 Å². The topological polar surface area (TPSA) is 52.4 Å². The first kappa shape index (κ1) is 11.6. The number of benzene rings is 1. The van der Waals surface area contributed by atoms with E-state index in [0.717, 1.165) is 12.1 Å². The summed E-state index contributed by atoms with van der Waals surface area (Å²) in [5.74, 6) is 0.0749. The van der Waals surface area contributed by atoms with Crippen LogP contribution in [0.25, 0.3) is 0 Å². The predicted molar refractivity (Wildman–Crippen MR) is 49.6 cm³/mol. The van der Waals surface area contributed by atoms with E-state index in [-0.39, 0.29) is 16.5 Å². The second-order valence-electron chi connectivity index (χ2n) is 2.57. The van der Waals surface area contributed by atoms with E-state index in [1.165, 1.54) is 6.07 Å². The molecule has 0 radical (unpaired) electrons. The van der Waals surface area contributed by atoms with E-state index < -0.39 is 18.0 Å². The Labute approximate surface area is 88.6 Å². The number of nitro groups is 1. The summed E-state index contributed by atoms with van der Waals surface area (Å²) >= 11 is 5.53. The zero-order valence-corrected chi connectivity index (χ0v) is 8.08. The van der Waals surface area contributed by atoms with E-state index in [2.05, 4.69) is 4.74 Å². The fourth-order valence-corrected chi connectivity index (χ4v) is 1.12. The van der Waals surface area contributed by atoms with E-state index >= 15 is 0 Å². The van der Waals surface area contributed by atoms with Crippen molar-refractivity contribution in [1.29, 1.82) is 0 Å². The molecule has 15 heavy (non-hydrogen) atoms. The normalized spacial score (nSPS) is 10.4. The summed E-state index contributed by atoms with van der Waals surface area (Å²) in [7, 11) is 0. The lowest BCUT2D eigenvalue weighted by atomic mass is 10.3. The second kappa shape index (κ2) is 4.88. The molecule has 1 aromatic rings. The fourth-order valence-electron chi connectivity index (χ4n) is 0.885. The van der Waals surface area contributed by atoms with Gasteiger partial charge in [-0.1, -0.05) is 11.6 Å². The monoisotopic (exact) mass is 237 g/mol. The van der Waals surface area contributed by atoms with Crippen LogP contribution in [0.5, 0.6) is 5.75 Å². The lowest BCUT2D eigenvalue weighted by molar-refractivity contribution is -0.384. The summed E-state index contributed by atoms with van der Waals surface area (Å²) in [5, 5.41) is 10.2. The summed E-state index contributed by atoms with van der Waals surface area (Å²) < 4.78 is 28.2. The highest BCUT2D eigenvalue weighted by Gasteiger charge is 2.13. The van der Waals surface area contributed by atoms with Crippen LogP contribution in [0.15, 0.2) is 18.2 Å². The lowest BCUT2D eigenvalue weighted by Crippen LogP contribution is -2.06. The summed E-state index contributed by atoms with van der Waals surface area (Å²) in [6.07, 6.45) is -2.60. The number of nitro benzene ring substituents is 1. The Bertz CT molecular complexity index is 373. The Morgan fingerprint density at radius 2 is 2.20 bits per heavy atom. The van der Waals surface area contributed by atoms with Gasteiger partial charge in [0, 0.05) is 12.1 Å². The molecular weight excluding hydrogens is 232 g/mol. The van der Waals surface area contributed by atoms with Crippen molar-refractivity contribution in [2.75, 3.05) is 6.61 Å². The maximum atomic E-state index is 11.8. The number of nitrogens with zero attached hydrogens (tertiary/aromatic N) is 1. The third-order valence-corrected chi connectivity index (χ3v) is 1.79. The van der Waals surface area contributed by atoms with Gasteiger partial charge in [0.25, 0.3) is 12.1 Å². The van der Waals surface area contributed by atoms with Crippen LogP contribution < -0.4 is 4.74 Å². The highest BCUT2D eigenvalue weighted by molar-refractivity contribution is 6.32. The van der Waals surface area contributed by atoms with Gasteiger partial charge < -0.3 is 4.74 Å². The molecule has 0 aromatic heterocycles. The Hall–Kier alpha value is -1.43. The van der Waals surface area contributed by atoms with E-state index in [9.17, 15) is 18.9 Å².